The van der Waals surface area contributed by atoms with Crippen LogP contribution in [0.3, 0.4) is 0 Å². The van der Waals surface area contributed by atoms with Gasteiger partial charge in [-0.2, -0.15) is 0 Å². The van der Waals surface area contributed by atoms with Crippen molar-refractivity contribution in [2.75, 3.05) is 13.8 Å². The number of nitrogens with zero attached hydrogens (tertiary/aromatic N) is 1. The number of benzene rings is 2. The van der Waals surface area contributed by atoms with E-state index in [1.165, 1.54) is 14.0 Å². The van der Waals surface area contributed by atoms with Gasteiger partial charge in [-0.3, -0.25) is 4.79 Å². The van der Waals surface area contributed by atoms with Gasteiger partial charge in [-0.25, -0.2) is 10.6 Å². The van der Waals surface area contributed by atoms with E-state index >= 15 is 0 Å². The van der Waals surface area contributed by atoms with Crippen molar-refractivity contribution in [3.05, 3.63) is 53.5 Å². The number of aryl methyl sites for hydroxylation is 1. The van der Waals surface area contributed by atoms with E-state index in [1.54, 1.807) is 12.1 Å². The minimum Gasteiger partial charge on any atom is -0.439 e. The Labute approximate surface area is 150 Å². The molecule has 0 fully saturated rings. The zero-order valence-corrected chi connectivity index (χ0v) is 14.8. The van der Waals surface area contributed by atoms with E-state index in [1.807, 2.05) is 31.2 Å². The molecule has 4 N–H and O–H groups in total. The van der Waals surface area contributed by atoms with Crippen molar-refractivity contribution in [2.24, 2.45) is 11.6 Å². The van der Waals surface area contributed by atoms with E-state index in [0.29, 0.717) is 5.75 Å². The quantitative estimate of drug-likeness (QED) is 0.199. The summed E-state index contributed by atoms with van der Waals surface area (Å²) in [7, 11) is 1.40. The number of rotatable bonds is 6. The summed E-state index contributed by atoms with van der Waals surface area (Å²) in [6.07, 6.45) is 0. The molecule has 2 aromatic carbocycles. The second-order valence-electron chi connectivity index (χ2n) is 5.62. The molecule has 0 saturated carbocycles. The first kappa shape index (κ1) is 19.1. The van der Waals surface area contributed by atoms with Crippen LogP contribution < -0.4 is 16.3 Å². The molecule has 0 aliphatic heterocycles. The summed E-state index contributed by atoms with van der Waals surface area (Å²) in [6.45, 7) is 2.65. The van der Waals surface area contributed by atoms with Crippen molar-refractivity contribution >= 4 is 22.7 Å². The summed E-state index contributed by atoms with van der Waals surface area (Å²) in [5.41, 5.74) is 6.82. The molecule has 138 valence electrons. The van der Waals surface area contributed by atoms with Crippen LogP contribution in [0.25, 0.3) is 10.8 Å². The van der Waals surface area contributed by atoms with Crippen LogP contribution in [0, 0.1) is 6.92 Å². The van der Waals surface area contributed by atoms with Crippen molar-refractivity contribution in [3.63, 3.8) is 0 Å². The van der Waals surface area contributed by atoms with Gasteiger partial charge < -0.3 is 25.0 Å². The zero-order valence-electron chi connectivity index (χ0n) is 14.8. The first-order chi connectivity index (χ1) is 12.3. The molecule has 2 rings (SSSR count). The molecular formula is C18H21N3O5. The Morgan fingerprint density at radius 2 is 1.73 bits per heavy atom. The highest BCUT2D eigenvalue weighted by molar-refractivity contribution is 5.88. The lowest BCUT2D eigenvalue weighted by atomic mass is 10.1. The van der Waals surface area contributed by atoms with E-state index < -0.39 is 18.7 Å². The number of esters is 2. The molecule has 0 atom stereocenters. The summed E-state index contributed by atoms with van der Waals surface area (Å²) in [4.78, 5) is 22.8. The first-order valence-electron chi connectivity index (χ1n) is 7.75. The minimum atomic E-state index is -0.884. The van der Waals surface area contributed by atoms with Crippen LogP contribution in [0.5, 0.6) is 5.75 Å². The maximum absolute atomic E-state index is 12.1. The Kier molecular flexibility index (Phi) is 6.03. The molecule has 0 saturated heterocycles. The van der Waals surface area contributed by atoms with Crippen molar-refractivity contribution in [3.8, 4) is 5.75 Å². The lowest BCUT2D eigenvalue weighted by Gasteiger charge is -2.18. The molecule has 0 spiro atoms. The lowest BCUT2D eigenvalue weighted by Crippen LogP contribution is -2.35. The topological polar surface area (TPSA) is 117 Å². The van der Waals surface area contributed by atoms with Crippen LogP contribution in [-0.2, 0) is 19.1 Å². The first-order valence-corrected chi connectivity index (χ1v) is 7.75. The molecule has 0 unspecified atom stereocenters. The third-order valence-electron chi connectivity index (χ3n) is 3.43. The van der Waals surface area contributed by atoms with E-state index in [9.17, 15) is 9.59 Å². The average molecular weight is 359 g/mol. The van der Waals surface area contributed by atoms with Crippen molar-refractivity contribution in [2.45, 2.75) is 13.8 Å². The number of hydrogen-bond acceptors (Lipinski definition) is 8. The smallest absolute Gasteiger partial charge is 0.364 e. The van der Waals surface area contributed by atoms with E-state index in [4.69, 9.17) is 21.1 Å². The zero-order chi connectivity index (χ0) is 19.3. The van der Waals surface area contributed by atoms with Crippen molar-refractivity contribution < 1.29 is 23.8 Å². The van der Waals surface area contributed by atoms with Gasteiger partial charge in [-0.15, -0.1) is 0 Å². The SMILES string of the molecule is CC(=O)OCOC(=O)/C(=C(/N)Oc1ccc2cc(C)ccc2c1)N(C)N. The number of carbonyl (C=O) groups is 2. The average Bonchev–Trinajstić information content (AvgIpc) is 2.54. The lowest BCUT2D eigenvalue weighted by molar-refractivity contribution is -0.164. The molecule has 0 aliphatic rings. The number of ether oxygens (including phenoxy) is 3. The third-order valence-corrected chi connectivity index (χ3v) is 3.43. The molecule has 0 heterocycles. The van der Waals surface area contributed by atoms with Gasteiger partial charge in [0.25, 0.3) is 0 Å². The largest absolute Gasteiger partial charge is 0.439 e. The standard InChI is InChI=1S/C18H21N3O5/c1-11-4-5-14-9-15(7-6-13(14)8-11)26-17(19)16(21(3)20)18(23)25-10-24-12(2)22/h4-9H,10,19-20H2,1-3H3/b17-16+. The highest BCUT2D eigenvalue weighted by Gasteiger charge is 2.21. The number of hydrogen-bond donors (Lipinski definition) is 2. The molecule has 26 heavy (non-hydrogen) atoms. The van der Waals surface area contributed by atoms with Crippen LogP contribution in [0.1, 0.15) is 12.5 Å². The molecule has 0 amide bonds. The molecule has 0 radical (unpaired) electrons. The number of carbonyl (C=O) groups excluding carboxylic acids is 2. The Morgan fingerprint density at radius 1 is 1.08 bits per heavy atom. The Balaban J connectivity index is 2.21. The summed E-state index contributed by atoms with van der Waals surface area (Å²) >= 11 is 0. The predicted octanol–water partition coefficient (Wildman–Crippen LogP) is 1.52. The second-order valence-corrected chi connectivity index (χ2v) is 5.62. The number of hydrazine groups is 1. The summed E-state index contributed by atoms with van der Waals surface area (Å²) in [6, 6.07) is 11.4. The molecule has 0 aliphatic carbocycles. The van der Waals surface area contributed by atoms with Crippen LogP contribution in [0.15, 0.2) is 48.0 Å². The van der Waals surface area contributed by atoms with Crippen LogP contribution in [-0.4, -0.2) is 30.8 Å². The molecule has 8 nitrogen and oxygen atoms in total. The normalized spacial score (nSPS) is 11.5. The summed E-state index contributed by atoms with van der Waals surface area (Å²) < 4.78 is 14.9. The fraction of sp³-hybridized carbons (Fsp3) is 0.222. The number of nitrogens with two attached hydrogens (primary N) is 2. The molecule has 8 heteroatoms. The van der Waals surface area contributed by atoms with E-state index in [2.05, 4.69) is 4.74 Å². The predicted molar refractivity (Wildman–Crippen MR) is 95.2 cm³/mol. The van der Waals surface area contributed by atoms with Gasteiger partial charge in [0.1, 0.15) is 5.75 Å². The molecule has 0 bridgehead atoms. The summed E-state index contributed by atoms with van der Waals surface area (Å²) in [5.74, 6) is 4.37. The third kappa shape index (κ3) is 4.87. The summed E-state index contributed by atoms with van der Waals surface area (Å²) in [5, 5.41) is 2.98. The second kappa shape index (κ2) is 8.21. The van der Waals surface area contributed by atoms with Crippen LogP contribution >= 0.6 is 0 Å². The number of fused-ring (bicyclic) bond motifs is 1. The van der Waals surface area contributed by atoms with Gasteiger partial charge in [0.15, 0.2) is 5.70 Å². The maximum Gasteiger partial charge on any atom is 0.364 e. The van der Waals surface area contributed by atoms with Gasteiger partial charge in [0.2, 0.25) is 12.7 Å². The fourth-order valence-electron chi connectivity index (χ4n) is 2.23. The van der Waals surface area contributed by atoms with Crippen LogP contribution in [0.2, 0.25) is 0 Å². The number of likely N-dealkylation sites (N-methyl/N-ethyl adjacent to an activating group) is 1. The van der Waals surface area contributed by atoms with E-state index in [0.717, 1.165) is 21.3 Å². The van der Waals surface area contributed by atoms with Crippen LogP contribution in [0.4, 0.5) is 0 Å². The van der Waals surface area contributed by atoms with Gasteiger partial charge in [0, 0.05) is 14.0 Å². The molecule has 2 aromatic rings. The minimum absolute atomic E-state index is 0.207. The van der Waals surface area contributed by atoms with Gasteiger partial charge in [-0.1, -0.05) is 29.8 Å². The van der Waals surface area contributed by atoms with Crippen molar-refractivity contribution in [1.29, 1.82) is 0 Å². The van der Waals surface area contributed by atoms with Gasteiger partial charge >= 0.3 is 11.9 Å². The Hall–Kier alpha value is -3.26. The monoisotopic (exact) mass is 359 g/mol. The Morgan fingerprint density at radius 3 is 2.38 bits per heavy atom. The van der Waals surface area contributed by atoms with E-state index in [-0.39, 0.29) is 11.6 Å². The highest BCUT2D eigenvalue weighted by atomic mass is 16.7. The Bertz CT molecular complexity index is 861. The fourth-order valence-corrected chi connectivity index (χ4v) is 2.23. The van der Waals surface area contributed by atoms with Gasteiger partial charge in [0.05, 0.1) is 0 Å². The van der Waals surface area contributed by atoms with Crippen molar-refractivity contribution in [1.82, 2.24) is 5.01 Å². The van der Waals surface area contributed by atoms with Gasteiger partial charge in [-0.05, 0) is 29.8 Å². The molecular weight excluding hydrogens is 338 g/mol. The highest BCUT2D eigenvalue weighted by Crippen LogP contribution is 2.23. The maximum atomic E-state index is 12.1. The molecule has 0 aromatic heterocycles.